The van der Waals surface area contributed by atoms with Crippen LogP contribution in [0.4, 0.5) is 5.69 Å². The van der Waals surface area contributed by atoms with Crippen molar-refractivity contribution in [3.05, 3.63) is 28.8 Å². The third-order valence-corrected chi connectivity index (χ3v) is 4.15. The maximum absolute atomic E-state index is 6.29. The Morgan fingerprint density at radius 1 is 1.50 bits per heavy atom. The predicted molar refractivity (Wildman–Crippen MR) is 79.3 cm³/mol. The lowest BCUT2D eigenvalue weighted by atomic mass is 10.0. The van der Waals surface area contributed by atoms with E-state index in [1.54, 1.807) is 0 Å². The van der Waals surface area contributed by atoms with Gasteiger partial charge in [0.1, 0.15) is 0 Å². The fraction of sp³-hybridized carbons (Fsp3) is 0.600. The summed E-state index contributed by atoms with van der Waals surface area (Å²) >= 11 is 6.29. The van der Waals surface area contributed by atoms with E-state index in [1.807, 2.05) is 6.92 Å². The number of hydrogen-bond donors (Lipinski definition) is 1. The zero-order valence-corrected chi connectivity index (χ0v) is 12.1. The minimum atomic E-state index is -0.00188. The van der Waals surface area contributed by atoms with Crippen LogP contribution in [0.25, 0.3) is 0 Å². The van der Waals surface area contributed by atoms with E-state index in [0.717, 1.165) is 23.0 Å². The van der Waals surface area contributed by atoms with Crippen LogP contribution in [0.2, 0.25) is 5.02 Å². The van der Waals surface area contributed by atoms with E-state index in [9.17, 15) is 0 Å². The van der Waals surface area contributed by atoms with Gasteiger partial charge < -0.3 is 10.6 Å². The lowest BCUT2D eigenvalue weighted by Gasteiger charge is -2.20. The highest BCUT2D eigenvalue weighted by Crippen LogP contribution is 2.31. The first kappa shape index (κ1) is 13.7. The largest absolute Gasteiger partial charge is 0.371 e. The average molecular weight is 267 g/mol. The second kappa shape index (κ2) is 5.94. The van der Waals surface area contributed by atoms with Gasteiger partial charge in [-0.25, -0.2) is 0 Å². The van der Waals surface area contributed by atoms with E-state index in [2.05, 4.69) is 30.0 Å². The first-order valence-corrected chi connectivity index (χ1v) is 7.29. The molecule has 0 spiro atoms. The number of rotatable bonds is 4. The fourth-order valence-corrected chi connectivity index (χ4v) is 3.14. The summed E-state index contributed by atoms with van der Waals surface area (Å²) in [5, 5.41) is 0.793. The monoisotopic (exact) mass is 266 g/mol. The van der Waals surface area contributed by atoms with Crippen LogP contribution in [-0.2, 0) is 0 Å². The summed E-state index contributed by atoms with van der Waals surface area (Å²) in [7, 11) is 0. The topological polar surface area (TPSA) is 29.3 Å². The average Bonchev–Trinajstić information content (AvgIpc) is 2.77. The molecule has 1 aliphatic rings. The Labute approximate surface area is 115 Å². The van der Waals surface area contributed by atoms with E-state index in [1.165, 1.54) is 31.5 Å². The molecule has 1 aromatic rings. The minimum Gasteiger partial charge on any atom is -0.371 e. The lowest BCUT2D eigenvalue weighted by molar-refractivity contribution is 0.530. The molecule has 0 saturated carbocycles. The summed E-state index contributed by atoms with van der Waals surface area (Å²) < 4.78 is 0. The normalized spacial score (nSPS) is 21.3. The van der Waals surface area contributed by atoms with Crippen molar-refractivity contribution >= 4 is 17.3 Å². The van der Waals surface area contributed by atoms with Gasteiger partial charge >= 0.3 is 0 Å². The second-order valence-electron chi connectivity index (χ2n) is 5.38. The molecule has 1 heterocycles. The molecular formula is C15H23ClN2. The van der Waals surface area contributed by atoms with E-state index in [0.29, 0.717) is 0 Å². The van der Waals surface area contributed by atoms with Crippen molar-refractivity contribution in [2.24, 2.45) is 11.7 Å². The summed E-state index contributed by atoms with van der Waals surface area (Å²) in [6, 6.07) is 6.28. The summed E-state index contributed by atoms with van der Waals surface area (Å²) in [5.41, 5.74) is 8.15. The smallest absolute Gasteiger partial charge is 0.0474 e. The zero-order valence-electron chi connectivity index (χ0n) is 11.3. The number of hydrogen-bond acceptors (Lipinski definition) is 2. The first-order chi connectivity index (χ1) is 8.61. The highest BCUT2D eigenvalue weighted by atomic mass is 35.5. The fourth-order valence-electron chi connectivity index (χ4n) is 2.79. The molecule has 3 heteroatoms. The highest BCUT2D eigenvalue weighted by Gasteiger charge is 2.22. The van der Waals surface area contributed by atoms with Crippen LogP contribution in [0.5, 0.6) is 0 Å². The Hall–Kier alpha value is -0.730. The van der Waals surface area contributed by atoms with Crippen LogP contribution in [0.15, 0.2) is 18.2 Å². The number of nitrogens with two attached hydrogens (primary N) is 1. The lowest BCUT2D eigenvalue weighted by Crippen LogP contribution is -2.19. The SMILES string of the molecule is CCCC1CCN(c2ccc(C(C)N)c(Cl)c2)C1. The standard InChI is InChI=1S/C15H23ClN2/c1-3-4-12-7-8-18(10-12)13-5-6-14(11(2)17)15(16)9-13/h5-6,9,11-12H,3-4,7-8,10,17H2,1-2H3. The Balaban J connectivity index is 2.09. The van der Waals surface area contributed by atoms with Crippen molar-refractivity contribution in [2.75, 3.05) is 18.0 Å². The number of anilines is 1. The van der Waals surface area contributed by atoms with Crippen LogP contribution < -0.4 is 10.6 Å². The van der Waals surface area contributed by atoms with Crippen LogP contribution in [0, 0.1) is 5.92 Å². The number of halogens is 1. The zero-order chi connectivity index (χ0) is 13.1. The van der Waals surface area contributed by atoms with Crippen molar-refractivity contribution in [2.45, 2.75) is 39.2 Å². The molecule has 2 unspecified atom stereocenters. The van der Waals surface area contributed by atoms with E-state index in [4.69, 9.17) is 17.3 Å². The summed E-state index contributed by atoms with van der Waals surface area (Å²) in [6.07, 6.45) is 3.92. The van der Waals surface area contributed by atoms with Crippen LogP contribution in [0.1, 0.15) is 44.7 Å². The predicted octanol–water partition coefficient (Wildman–Crippen LogP) is 3.99. The van der Waals surface area contributed by atoms with Crippen LogP contribution >= 0.6 is 11.6 Å². The van der Waals surface area contributed by atoms with Gasteiger partial charge in [-0.15, -0.1) is 0 Å². The van der Waals surface area contributed by atoms with Gasteiger partial charge in [0.2, 0.25) is 0 Å². The molecule has 2 rings (SSSR count). The Morgan fingerprint density at radius 2 is 2.28 bits per heavy atom. The molecule has 0 aliphatic carbocycles. The molecule has 18 heavy (non-hydrogen) atoms. The molecule has 0 amide bonds. The Kier molecular flexibility index (Phi) is 4.52. The summed E-state index contributed by atoms with van der Waals surface area (Å²) in [6.45, 7) is 6.55. The molecular weight excluding hydrogens is 244 g/mol. The van der Waals surface area contributed by atoms with Gasteiger partial charge in [-0.3, -0.25) is 0 Å². The van der Waals surface area contributed by atoms with Crippen molar-refractivity contribution in [3.63, 3.8) is 0 Å². The Morgan fingerprint density at radius 3 is 2.89 bits per heavy atom. The molecule has 2 N–H and O–H groups in total. The van der Waals surface area contributed by atoms with Crippen molar-refractivity contribution in [3.8, 4) is 0 Å². The third-order valence-electron chi connectivity index (χ3n) is 3.82. The van der Waals surface area contributed by atoms with Crippen molar-refractivity contribution in [1.29, 1.82) is 0 Å². The molecule has 1 saturated heterocycles. The minimum absolute atomic E-state index is 0.00188. The summed E-state index contributed by atoms with van der Waals surface area (Å²) in [4.78, 5) is 2.44. The number of nitrogens with zero attached hydrogens (tertiary/aromatic N) is 1. The molecule has 1 aromatic carbocycles. The van der Waals surface area contributed by atoms with E-state index >= 15 is 0 Å². The van der Waals surface area contributed by atoms with Crippen molar-refractivity contribution in [1.82, 2.24) is 0 Å². The highest BCUT2D eigenvalue weighted by molar-refractivity contribution is 6.31. The molecule has 0 radical (unpaired) electrons. The van der Waals surface area contributed by atoms with E-state index in [-0.39, 0.29) is 6.04 Å². The maximum Gasteiger partial charge on any atom is 0.0474 e. The molecule has 1 aliphatic heterocycles. The second-order valence-corrected chi connectivity index (χ2v) is 5.79. The van der Waals surface area contributed by atoms with E-state index < -0.39 is 0 Å². The first-order valence-electron chi connectivity index (χ1n) is 6.91. The molecule has 2 nitrogen and oxygen atoms in total. The molecule has 100 valence electrons. The van der Waals surface area contributed by atoms with Crippen LogP contribution in [0.3, 0.4) is 0 Å². The molecule has 0 bridgehead atoms. The molecule has 2 atom stereocenters. The Bertz CT molecular complexity index is 403. The van der Waals surface area contributed by atoms with Gasteiger partial charge in [0, 0.05) is 29.8 Å². The molecule has 1 fully saturated rings. The number of benzene rings is 1. The van der Waals surface area contributed by atoms with Crippen LogP contribution in [-0.4, -0.2) is 13.1 Å². The quantitative estimate of drug-likeness (QED) is 0.893. The maximum atomic E-state index is 6.29. The van der Waals surface area contributed by atoms with Gasteiger partial charge in [-0.2, -0.15) is 0 Å². The van der Waals surface area contributed by atoms with Gasteiger partial charge in [0.05, 0.1) is 0 Å². The van der Waals surface area contributed by atoms with Gasteiger partial charge in [0.15, 0.2) is 0 Å². The van der Waals surface area contributed by atoms with Crippen molar-refractivity contribution < 1.29 is 0 Å². The van der Waals surface area contributed by atoms with Gasteiger partial charge in [0.25, 0.3) is 0 Å². The summed E-state index contributed by atoms with van der Waals surface area (Å²) in [5.74, 6) is 0.849. The van der Waals surface area contributed by atoms with Gasteiger partial charge in [-0.1, -0.05) is 31.0 Å². The third kappa shape index (κ3) is 2.99. The van der Waals surface area contributed by atoms with Gasteiger partial charge in [-0.05, 0) is 43.4 Å². The molecule has 0 aromatic heterocycles.